The van der Waals surface area contributed by atoms with Crippen molar-refractivity contribution in [2.24, 2.45) is 0 Å². The van der Waals surface area contributed by atoms with Crippen LogP contribution in [0.4, 0.5) is 0 Å². The number of carbonyl (C=O) groups is 2. The van der Waals surface area contributed by atoms with E-state index in [2.05, 4.69) is 35.8 Å². The SMILES string of the molecule is CCCCCCc1ccc(C(=O)N(CCCOCC)CC(=O)N(Cc2ccccc2)Cc2cccn2Cc2cccc(OC)c2)cc1. The average molecular weight is 638 g/mol. The average Bonchev–Trinajstić information content (AvgIpc) is 3.54. The number of ether oxygens (including phenoxy) is 2. The van der Waals surface area contributed by atoms with Crippen molar-refractivity contribution in [3.63, 3.8) is 0 Å². The van der Waals surface area contributed by atoms with Crippen molar-refractivity contribution >= 4 is 11.8 Å². The second kappa shape index (κ2) is 19.3. The van der Waals surface area contributed by atoms with E-state index >= 15 is 0 Å². The van der Waals surface area contributed by atoms with Crippen LogP contribution in [0.15, 0.2) is 97.2 Å². The Labute approximate surface area is 281 Å². The van der Waals surface area contributed by atoms with Crippen molar-refractivity contribution in [2.75, 3.05) is 33.4 Å². The van der Waals surface area contributed by atoms with Gasteiger partial charge in [-0.05, 0) is 79.3 Å². The van der Waals surface area contributed by atoms with Gasteiger partial charge in [-0.1, -0.05) is 80.8 Å². The molecule has 7 heteroatoms. The number of aromatic nitrogens is 1. The van der Waals surface area contributed by atoms with Crippen molar-refractivity contribution < 1.29 is 19.1 Å². The number of rotatable bonds is 20. The Kier molecular flexibility index (Phi) is 14.6. The van der Waals surface area contributed by atoms with Crippen molar-refractivity contribution in [1.82, 2.24) is 14.4 Å². The molecule has 0 aliphatic rings. The van der Waals surface area contributed by atoms with Crippen LogP contribution in [0.25, 0.3) is 0 Å². The van der Waals surface area contributed by atoms with E-state index in [4.69, 9.17) is 9.47 Å². The molecule has 0 aliphatic carbocycles. The van der Waals surface area contributed by atoms with E-state index in [9.17, 15) is 9.59 Å². The van der Waals surface area contributed by atoms with E-state index in [1.54, 1.807) is 12.0 Å². The monoisotopic (exact) mass is 637 g/mol. The number of methoxy groups -OCH3 is 1. The number of hydrogen-bond donors (Lipinski definition) is 0. The molecule has 2 amide bonds. The first-order valence-electron chi connectivity index (χ1n) is 17.0. The molecule has 0 radical (unpaired) electrons. The van der Waals surface area contributed by atoms with Gasteiger partial charge in [-0.2, -0.15) is 0 Å². The summed E-state index contributed by atoms with van der Waals surface area (Å²) in [5.41, 5.74) is 5.01. The summed E-state index contributed by atoms with van der Waals surface area (Å²) in [5.74, 6) is 0.585. The van der Waals surface area contributed by atoms with Crippen LogP contribution in [0.3, 0.4) is 0 Å². The summed E-state index contributed by atoms with van der Waals surface area (Å²) in [6.07, 6.45) is 8.54. The lowest BCUT2D eigenvalue weighted by molar-refractivity contribution is -0.133. The number of aryl methyl sites for hydroxylation is 1. The molecule has 0 saturated heterocycles. The number of nitrogens with zero attached hydrogens (tertiary/aromatic N) is 3. The highest BCUT2D eigenvalue weighted by Crippen LogP contribution is 2.18. The third-order valence-electron chi connectivity index (χ3n) is 8.39. The largest absolute Gasteiger partial charge is 0.497 e. The third kappa shape index (κ3) is 11.4. The van der Waals surface area contributed by atoms with Crippen LogP contribution in [-0.4, -0.2) is 59.6 Å². The van der Waals surface area contributed by atoms with Gasteiger partial charge in [-0.25, -0.2) is 0 Å². The van der Waals surface area contributed by atoms with Crippen molar-refractivity contribution in [3.05, 3.63) is 125 Å². The molecular formula is C40H51N3O4. The lowest BCUT2D eigenvalue weighted by Gasteiger charge is -2.28. The number of carbonyl (C=O) groups excluding carboxylic acids is 2. The fraction of sp³-hybridized carbons (Fsp3) is 0.400. The van der Waals surface area contributed by atoms with Crippen molar-refractivity contribution in [2.45, 2.75) is 72.0 Å². The van der Waals surface area contributed by atoms with Gasteiger partial charge < -0.3 is 23.8 Å². The Morgan fingerprint density at radius 2 is 1.53 bits per heavy atom. The second-order valence-corrected chi connectivity index (χ2v) is 12.0. The van der Waals surface area contributed by atoms with Gasteiger partial charge >= 0.3 is 0 Å². The molecule has 0 saturated carbocycles. The van der Waals surface area contributed by atoms with Crippen molar-refractivity contribution in [3.8, 4) is 5.75 Å². The predicted octanol–water partition coefficient (Wildman–Crippen LogP) is 7.77. The van der Waals surface area contributed by atoms with Gasteiger partial charge in [0.1, 0.15) is 12.3 Å². The van der Waals surface area contributed by atoms with Gasteiger partial charge in [-0.3, -0.25) is 9.59 Å². The molecule has 0 fully saturated rings. The molecule has 0 aliphatic heterocycles. The number of hydrogen-bond acceptors (Lipinski definition) is 4. The van der Waals surface area contributed by atoms with Crippen LogP contribution in [0.2, 0.25) is 0 Å². The molecule has 0 unspecified atom stereocenters. The molecule has 47 heavy (non-hydrogen) atoms. The summed E-state index contributed by atoms with van der Waals surface area (Å²) in [5, 5.41) is 0. The summed E-state index contributed by atoms with van der Waals surface area (Å²) in [4.78, 5) is 31.6. The molecule has 250 valence electrons. The normalized spacial score (nSPS) is 11.0. The lowest BCUT2D eigenvalue weighted by atomic mass is 10.0. The Bertz CT molecular complexity index is 1500. The maximum Gasteiger partial charge on any atom is 0.254 e. The topological polar surface area (TPSA) is 64.0 Å². The summed E-state index contributed by atoms with van der Waals surface area (Å²) in [7, 11) is 1.67. The first kappa shape index (κ1) is 35.5. The minimum absolute atomic E-state index is 0.00679. The quantitative estimate of drug-likeness (QED) is 0.0930. The molecule has 0 spiro atoms. The van der Waals surface area contributed by atoms with Crippen molar-refractivity contribution in [1.29, 1.82) is 0 Å². The van der Waals surface area contributed by atoms with Gasteiger partial charge in [0, 0.05) is 50.3 Å². The molecule has 3 aromatic carbocycles. The standard InChI is InChI=1S/C40H51N3O4/c1-4-6-7-9-15-33-21-23-36(24-22-33)40(45)42(26-14-27-47-5-2)32-39(44)43(29-34-16-10-8-11-17-34)31-37-19-13-25-41(37)30-35-18-12-20-38(28-35)46-3/h8,10-13,16-25,28H,4-7,9,14-15,26-27,29-32H2,1-3H3. The minimum atomic E-state index is -0.131. The first-order chi connectivity index (χ1) is 23.0. The van der Waals surface area contributed by atoms with Crippen LogP contribution in [0.5, 0.6) is 5.75 Å². The summed E-state index contributed by atoms with van der Waals surface area (Å²) in [6, 6.07) is 30.0. The lowest BCUT2D eigenvalue weighted by Crippen LogP contribution is -2.43. The van der Waals surface area contributed by atoms with E-state index in [0.29, 0.717) is 51.4 Å². The van der Waals surface area contributed by atoms with Gasteiger partial charge in [0.25, 0.3) is 5.91 Å². The fourth-order valence-corrected chi connectivity index (χ4v) is 5.72. The predicted molar refractivity (Wildman–Crippen MR) is 189 cm³/mol. The highest BCUT2D eigenvalue weighted by atomic mass is 16.5. The Morgan fingerprint density at radius 3 is 2.28 bits per heavy atom. The summed E-state index contributed by atoms with van der Waals surface area (Å²) in [6.45, 7) is 7.28. The number of unbranched alkanes of at least 4 members (excludes halogenated alkanes) is 3. The van der Waals surface area contributed by atoms with Crippen LogP contribution in [0, 0.1) is 0 Å². The van der Waals surface area contributed by atoms with E-state index < -0.39 is 0 Å². The zero-order valence-corrected chi connectivity index (χ0v) is 28.4. The number of amides is 2. The van der Waals surface area contributed by atoms with Gasteiger partial charge in [-0.15, -0.1) is 0 Å². The smallest absolute Gasteiger partial charge is 0.254 e. The van der Waals surface area contributed by atoms with E-state index in [1.807, 2.05) is 84.8 Å². The van der Waals surface area contributed by atoms with Crippen LogP contribution < -0.4 is 4.74 Å². The van der Waals surface area contributed by atoms with Gasteiger partial charge in [0.2, 0.25) is 5.91 Å². The molecule has 0 bridgehead atoms. The van der Waals surface area contributed by atoms with Crippen LogP contribution >= 0.6 is 0 Å². The molecule has 0 N–H and O–H groups in total. The van der Waals surface area contributed by atoms with E-state index in [1.165, 1.54) is 24.8 Å². The zero-order chi connectivity index (χ0) is 33.3. The molecule has 1 aromatic heterocycles. The summed E-state index contributed by atoms with van der Waals surface area (Å²) < 4.78 is 13.2. The molecule has 1 heterocycles. The summed E-state index contributed by atoms with van der Waals surface area (Å²) >= 11 is 0. The van der Waals surface area contributed by atoms with Crippen LogP contribution in [-0.2, 0) is 35.6 Å². The van der Waals surface area contributed by atoms with E-state index in [-0.39, 0.29) is 18.4 Å². The molecule has 0 atom stereocenters. The Balaban J connectivity index is 1.52. The zero-order valence-electron chi connectivity index (χ0n) is 28.4. The minimum Gasteiger partial charge on any atom is -0.497 e. The van der Waals surface area contributed by atoms with E-state index in [0.717, 1.165) is 35.4 Å². The Hall–Kier alpha value is -4.36. The number of benzene rings is 3. The highest BCUT2D eigenvalue weighted by molar-refractivity contribution is 5.96. The molecule has 4 aromatic rings. The van der Waals surface area contributed by atoms with Gasteiger partial charge in [0.05, 0.1) is 13.7 Å². The van der Waals surface area contributed by atoms with Crippen LogP contribution in [0.1, 0.15) is 78.7 Å². The first-order valence-corrected chi connectivity index (χ1v) is 17.0. The maximum atomic E-state index is 14.2. The Morgan fingerprint density at radius 1 is 0.745 bits per heavy atom. The third-order valence-corrected chi connectivity index (χ3v) is 8.39. The highest BCUT2D eigenvalue weighted by Gasteiger charge is 2.23. The second-order valence-electron chi connectivity index (χ2n) is 12.0. The molecule has 7 nitrogen and oxygen atoms in total. The molecule has 4 rings (SSSR count). The maximum absolute atomic E-state index is 14.2. The molecular weight excluding hydrogens is 586 g/mol. The fourth-order valence-electron chi connectivity index (χ4n) is 5.72. The van der Waals surface area contributed by atoms with Gasteiger partial charge in [0.15, 0.2) is 0 Å².